The summed E-state index contributed by atoms with van der Waals surface area (Å²) in [7, 11) is 0. The van der Waals surface area contributed by atoms with Crippen LogP contribution in [0.15, 0.2) is 121 Å². The predicted molar refractivity (Wildman–Crippen MR) is 199 cm³/mol. The van der Waals surface area contributed by atoms with E-state index in [9.17, 15) is 9.59 Å². The summed E-state index contributed by atoms with van der Waals surface area (Å²) in [6, 6.07) is 39.1. The number of amides is 1. The normalized spacial score (nSPS) is 25.2. The van der Waals surface area contributed by atoms with Crippen LogP contribution in [0.5, 0.6) is 0 Å². The number of nitrogens with two attached hydrogens (primary N) is 1. The summed E-state index contributed by atoms with van der Waals surface area (Å²) in [6.07, 6.45) is -4.94. The van der Waals surface area contributed by atoms with Gasteiger partial charge in [0.25, 0.3) is 0 Å². The van der Waals surface area contributed by atoms with E-state index in [1.165, 1.54) is 13.3 Å². The molecule has 1 unspecified atom stereocenters. The summed E-state index contributed by atoms with van der Waals surface area (Å²) in [5, 5.41) is 0. The van der Waals surface area contributed by atoms with Crippen LogP contribution in [-0.4, -0.2) is 74.5 Å². The van der Waals surface area contributed by atoms with Crippen LogP contribution in [0, 0.1) is 12.8 Å². The number of primary amides is 1. The summed E-state index contributed by atoms with van der Waals surface area (Å²) in [4.78, 5) is 23.5. The molecule has 12 heteroatoms. The lowest BCUT2D eigenvalue weighted by Gasteiger charge is -2.47. The molecule has 2 aliphatic heterocycles. The van der Waals surface area contributed by atoms with Crippen molar-refractivity contribution < 1.29 is 52.2 Å². The molecule has 2 radical (unpaired) electrons. The molecule has 0 bridgehead atoms. The van der Waals surface area contributed by atoms with E-state index in [1.54, 1.807) is 6.42 Å². The van der Waals surface area contributed by atoms with Crippen LogP contribution < -0.4 is 5.73 Å². The van der Waals surface area contributed by atoms with Gasteiger partial charge in [-0.3, -0.25) is 4.79 Å². The largest absolute Gasteiger partial charge is 0.463 e. The van der Waals surface area contributed by atoms with Gasteiger partial charge in [0.05, 0.1) is 39.5 Å². The number of hydrogen-bond donors (Lipinski definition) is 1. The molecule has 2 fully saturated rings. The Kier molecular flexibility index (Phi) is 15.2. The fraction of sp³-hybridized carbons (Fsp3) is 0.349. The van der Waals surface area contributed by atoms with Gasteiger partial charge in [-0.1, -0.05) is 121 Å². The second-order valence-corrected chi connectivity index (χ2v) is 13.1. The van der Waals surface area contributed by atoms with Crippen molar-refractivity contribution in [3.63, 3.8) is 0 Å². The Hall–Kier alpha value is -4.66. The van der Waals surface area contributed by atoms with Gasteiger partial charge in [-0.2, -0.15) is 0 Å². The number of esters is 1. The zero-order valence-corrected chi connectivity index (χ0v) is 30.6. The van der Waals surface area contributed by atoms with Crippen LogP contribution in [0.4, 0.5) is 4.79 Å². The number of hydrogen-bond acceptors (Lipinski definition) is 11. The van der Waals surface area contributed by atoms with E-state index in [0.717, 1.165) is 22.3 Å². The summed E-state index contributed by atoms with van der Waals surface area (Å²) in [5.74, 6) is -0.500. The zero-order chi connectivity index (χ0) is 38.2. The van der Waals surface area contributed by atoms with Gasteiger partial charge in [0, 0.05) is 13.3 Å². The van der Waals surface area contributed by atoms with E-state index in [1.807, 2.05) is 121 Å². The molecule has 1 amide bonds. The molecule has 12 nitrogen and oxygen atoms in total. The third kappa shape index (κ3) is 12.7. The molecule has 4 aromatic carbocycles. The van der Waals surface area contributed by atoms with Crippen molar-refractivity contribution in [1.29, 1.82) is 0 Å². The molecule has 0 aromatic heterocycles. The molecule has 4 aromatic rings. The lowest BCUT2D eigenvalue weighted by atomic mass is 9.97. The average Bonchev–Trinajstić information content (AvgIpc) is 3.20. The van der Waals surface area contributed by atoms with Crippen molar-refractivity contribution in [2.24, 2.45) is 5.73 Å². The maximum absolute atomic E-state index is 11.8. The van der Waals surface area contributed by atoms with Crippen LogP contribution >= 0.6 is 0 Å². The van der Waals surface area contributed by atoms with Crippen LogP contribution in [0.1, 0.15) is 29.2 Å². The highest BCUT2D eigenvalue weighted by Gasteiger charge is 2.51. The molecule has 8 atom stereocenters. The van der Waals surface area contributed by atoms with Gasteiger partial charge < -0.3 is 48.4 Å². The first-order valence-electron chi connectivity index (χ1n) is 18.2. The lowest BCUT2D eigenvalue weighted by Crippen LogP contribution is -2.63. The van der Waals surface area contributed by atoms with Crippen molar-refractivity contribution >= 4 is 12.1 Å². The standard InChI is InChI=1S/C43H47NO11/c1-30(45)48-28-36-22-35(53-43(44)46)23-38(52-36)55-41-40(50-26-33-18-10-4-11-19-33)39(49-25-32-16-8-3-9-17-32)37(29-47-24-31-14-6-2-7-15-31)54-42(41)51-27-34-20-12-5-13-21-34/h2-23,35-42H,24-29H2,1H3,(H2,44,46)/t35-,36+,37-,38+,39+,40-,41-,42?/m0/s1. The first-order chi connectivity index (χ1) is 26.9. The van der Waals surface area contributed by atoms with E-state index < -0.39 is 61.3 Å². The summed E-state index contributed by atoms with van der Waals surface area (Å²) in [5.41, 5.74) is 9.19. The first kappa shape index (κ1) is 40.0. The topological polar surface area (TPSA) is 143 Å². The third-order valence-electron chi connectivity index (χ3n) is 8.87. The van der Waals surface area contributed by atoms with Gasteiger partial charge in [0.2, 0.25) is 0 Å². The van der Waals surface area contributed by atoms with Crippen LogP contribution in [0.2, 0.25) is 0 Å². The maximum atomic E-state index is 11.8. The molecule has 0 spiro atoms. The second-order valence-electron chi connectivity index (χ2n) is 13.1. The molecule has 0 saturated carbocycles. The number of carbonyl (C=O) groups is 2. The summed E-state index contributed by atoms with van der Waals surface area (Å²) >= 11 is 0. The molecule has 2 heterocycles. The van der Waals surface area contributed by atoms with Crippen LogP contribution in [0.25, 0.3) is 0 Å². The SMILES string of the molecule is CC(=O)OC[C@H]1[CH][C@H](OC(N)=O)[CH][C@@H](O[C@@H]2C(OCc3ccccc3)O[C@@H](COCc3ccccc3)[C@@H](OCc3ccccc3)[C@@H]2OCc2ccccc2)O1. The van der Waals surface area contributed by atoms with Crippen molar-refractivity contribution in [2.75, 3.05) is 13.2 Å². The van der Waals surface area contributed by atoms with Crippen LogP contribution in [-0.2, 0) is 73.9 Å². The van der Waals surface area contributed by atoms with Gasteiger partial charge in [-0.15, -0.1) is 0 Å². The zero-order valence-electron chi connectivity index (χ0n) is 30.6. The number of carbonyl (C=O) groups excluding carboxylic acids is 2. The fourth-order valence-corrected chi connectivity index (χ4v) is 6.27. The molecule has 2 aliphatic rings. The number of rotatable bonds is 18. The van der Waals surface area contributed by atoms with Gasteiger partial charge >= 0.3 is 12.1 Å². The van der Waals surface area contributed by atoms with Gasteiger partial charge in [-0.25, -0.2) is 4.79 Å². The van der Waals surface area contributed by atoms with E-state index in [-0.39, 0.29) is 33.0 Å². The molecular weight excluding hydrogens is 706 g/mol. The minimum atomic E-state index is -1.12. The van der Waals surface area contributed by atoms with E-state index in [2.05, 4.69) is 0 Å². The Morgan fingerprint density at radius 2 is 1.11 bits per heavy atom. The van der Waals surface area contributed by atoms with Crippen molar-refractivity contribution in [1.82, 2.24) is 0 Å². The number of benzene rings is 4. The van der Waals surface area contributed by atoms with Crippen molar-refractivity contribution in [3.05, 3.63) is 156 Å². The summed E-state index contributed by atoms with van der Waals surface area (Å²) in [6.45, 7) is 2.30. The second kappa shape index (κ2) is 20.9. The van der Waals surface area contributed by atoms with E-state index in [4.69, 9.17) is 48.4 Å². The Morgan fingerprint density at radius 3 is 1.64 bits per heavy atom. The molecular formula is C43H47NO11. The minimum absolute atomic E-state index is 0.145. The molecule has 55 heavy (non-hydrogen) atoms. The summed E-state index contributed by atoms with van der Waals surface area (Å²) < 4.78 is 56.5. The van der Waals surface area contributed by atoms with Crippen molar-refractivity contribution in [2.45, 2.75) is 82.6 Å². The lowest BCUT2D eigenvalue weighted by molar-refractivity contribution is -0.350. The first-order valence-corrected chi connectivity index (χ1v) is 18.2. The highest BCUT2D eigenvalue weighted by molar-refractivity contribution is 5.66. The third-order valence-corrected chi connectivity index (χ3v) is 8.87. The molecule has 2 saturated heterocycles. The van der Waals surface area contributed by atoms with Gasteiger partial charge in [-0.05, 0) is 22.3 Å². The van der Waals surface area contributed by atoms with Crippen molar-refractivity contribution in [3.8, 4) is 0 Å². The number of ether oxygens (including phenoxy) is 9. The fourth-order valence-electron chi connectivity index (χ4n) is 6.27. The molecule has 2 N–H and O–H groups in total. The quantitative estimate of drug-likeness (QED) is 0.122. The maximum Gasteiger partial charge on any atom is 0.404 e. The highest BCUT2D eigenvalue weighted by Crippen LogP contribution is 2.34. The predicted octanol–water partition coefficient (Wildman–Crippen LogP) is 5.86. The van der Waals surface area contributed by atoms with Gasteiger partial charge in [0.1, 0.15) is 43.2 Å². The highest BCUT2D eigenvalue weighted by atomic mass is 16.8. The molecule has 0 aliphatic carbocycles. The Labute approximate surface area is 321 Å². The molecule has 6 rings (SSSR count). The smallest absolute Gasteiger partial charge is 0.404 e. The van der Waals surface area contributed by atoms with E-state index >= 15 is 0 Å². The Morgan fingerprint density at radius 1 is 0.600 bits per heavy atom. The monoisotopic (exact) mass is 753 g/mol. The van der Waals surface area contributed by atoms with E-state index in [0.29, 0.717) is 6.61 Å². The van der Waals surface area contributed by atoms with Gasteiger partial charge in [0.15, 0.2) is 12.6 Å². The molecule has 290 valence electrons. The Bertz CT molecular complexity index is 1720. The van der Waals surface area contributed by atoms with Crippen LogP contribution in [0.3, 0.4) is 0 Å². The Balaban J connectivity index is 1.32. The average molecular weight is 754 g/mol. The minimum Gasteiger partial charge on any atom is -0.463 e.